The van der Waals surface area contributed by atoms with Gasteiger partial charge in [-0.15, -0.1) is 0 Å². The third kappa shape index (κ3) is 3.88. The Labute approximate surface area is 169 Å². The highest BCUT2D eigenvalue weighted by Crippen LogP contribution is 2.36. The Balaban J connectivity index is 1.78. The molecule has 0 bridgehead atoms. The van der Waals surface area contributed by atoms with Crippen LogP contribution in [0, 0.1) is 0 Å². The van der Waals surface area contributed by atoms with Gasteiger partial charge in [0.1, 0.15) is 17.2 Å². The molecule has 0 fully saturated rings. The molecule has 0 atom stereocenters. The summed E-state index contributed by atoms with van der Waals surface area (Å²) in [6.07, 6.45) is 4.64. The highest BCUT2D eigenvalue weighted by atomic mass is 35.5. The van der Waals surface area contributed by atoms with Gasteiger partial charge in [0.05, 0.1) is 10.7 Å². The number of halogens is 1. The summed E-state index contributed by atoms with van der Waals surface area (Å²) in [7, 11) is 0. The van der Waals surface area contributed by atoms with Crippen LogP contribution >= 0.6 is 11.6 Å². The molecule has 28 heavy (non-hydrogen) atoms. The lowest BCUT2D eigenvalue weighted by atomic mass is 10.0. The number of pyridine rings is 1. The van der Waals surface area contributed by atoms with Crippen LogP contribution in [-0.2, 0) is 6.42 Å². The van der Waals surface area contributed by atoms with E-state index in [1.165, 1.54) is 5.56 Å². The average molecular weight is 392 g/mol. The Morgan fingerprint density at radius 1 is 0.964 bits per heavy atom. The van der Waals surface area contributed by atoms with Crippen molar-refractivity contribution in [1.82, 2.24) is 9.97 Å². The number of unbranched alkanes of at least 4 members (excludes halogenated alkanes) is 1. The van der Waals surface area contributed by atoms with Crippen molar-refractivity contribution in [2.45, 2.75) is 19.3 Å². The number of aromatic nitrogens is 2. The number of fused-ring (bicyclic) bond motifs is 1. The van der Waals surface area contributed by atoms with Gasteiger partial charge in [0.15, 0.2) is 0 Å². The minimum Gasteiger partial charge on any atom is -0.457 e. The Morgan fingerprint density at radius 2 is 1.82 bits per heavy atom. The number of aryl methyl sites for hydroxylation is 1. The Hall–Kier alpha value is -2.82. The number of hydrogen-bond acceptors (Lipinski definition) is 3. The summed E-state index contributed by atoms with van der Waals surface area (Å²) in [5, 5.41) is 1.76. The zero-order valence-corrected chi connectivity index (χ0v) is 16.2. The van der Waals surface area contributed by atoms with Crippen molar-refractivity contribution in [3.63, 3.8) is 0 Å². The molecule has 4 rings (SSSR count). The fourth-order valence-corrected chi connectivity index (χ4v) is 3.61. The maximum Gasteiger partial charge on any atom is 0.128 e. The van der Waals surface area contributed by atoms with Crippen molar-refractivity contribution < 1.29 is 4.74 Å². The second-order valence-corrected chi connectivity index (χ2v) is 7.09. The molecule has 4 nitrogen and oxygen atoms in total. The van der Waals surface area contributed by atoms with Gasteiger partial charge in [0, 0.05) is 17.1 Å². The lowest BCUT2D eigenvalue weighted by molar-refractivity contribution is 0.483. The Kier molecular flexibility index (Phi) is 5.60. The standard InChI is InChI=1S/C23H22ClN3O/c24-20-10-6-14-26-23(20)22-18(9-4-5-13-25)19-15-17(11-12-21(19)27-22)28-16-7-2-1-3-8-16/h1-3,6-8,10-12,14-15,27H,4-5,9,13,25H2. The zero-order valence-electron chi connectivity index (χ0n) is 15.5. The molecular formula is C23H22ClN3O. The van der Waals surface area contributed by atoms with Crippen LogP contribution in [0.25, 0.3) is 22.3 Å². The Bertz CT molecular complexity index is 1080. The van der Waals surface area contributed by atoms with Crippen molar-refractivity contribution in [2.24, 2.45) is 5.73 Å². The topological polar surface area (TPSA) is 63.9 Å². The number of nitrogens with zero attached hydrogens (tertiary/aromatic N) is 1. The molecule has 2 heterocycles. The average Bonchev–Trinajstić information content (AvgIpc) is 3.07. The maximum atomic E-state index is 6.43. The predicted molar refractivity (Wildman–Crippen MR) is 115 cm³/mol. The smallest absolute Gasteiger partial charge is 0.128 e. The fourth-order valence-electron chi connectivity index (χ4n) is 3.39. The summed E-state index contributed by atoms with van der Waals surface area (Å²) >= 11 is 6.43. The summed E-state index contributed by atoms with van der Waals surface area (Å²) < 4.78 is 6.03. The summed E-state index contributed by atoms with van der Waals surface area (Å²) in [4.78, 5) is 8.01. The summed E-state index contributed by atoms with van der Waals surface area (Å²) in [6.45, 7) is 0.685. The number of hydrogen-bond donors (Lipinski definition) is 2. The molecule has 0 aliphatic heterocycles. The molecule has 0 amide bonds. The van der Waals surface area contributed by atoms with Gasteiger partial charge >= 0.3 is 0 Å². The molecule has 0 spiro atoms. The number of rotatable bonds is 7. The van der Waals surface area contributed by atoms with Gasteiger partial charge in [-0.25, -0.2) is 0 Å². The molecule has 2 aromatic heterocycles. The zero-order chi connectivity index (χ0) is 19.3. The van der Waals surface area contributed by atoms with E-state index in [1.54, 1.807) is 6.20 Å². The quantitative estimate of drug-likeness (QED) is 0.382. The van der Waals surface area contributed by atoms with Gasteiger partial charge < -0.3 is 15.5 Å². The molecule has 142 valence electrons. The second-order valence-electron chi connectivity index (χ2n) is 6.68. The van der Waals surface area contributed by atoms with Gasteiger partial charge in [-0.3, -0.25) is 4.98 Å². The summed E-state index contributed by atoms with van der Waals surface area (Å²) in [5.74, 6) is 1.62. The molecule has 4 aromatic rings. The SMILES string of the molecule is NCCCCc1c(-c2ncccc2Cl)[nH]c2ccc(Oc3ccccc3)cc12. The van der Waals surface area contributed by atoms with Crippen LogP contribution in [-0.4, -0.2) is 16.5 Å². The minimum absolute atomic E-state index is 0.634. The van der Waals surface area contributed by atoms with Gasteiger partial charge in [0.25, 0.3) is 0 Å². The molecule has 2 aromatic carbocycles. The third-order valence-electron chi connectivity index (χ3n) is 4.73. The lowest BCUT2D eigenvalue weighted by Crippen LogP contribution is -1.99. The van der Waals surface area contributed by atoms with Crippen molar-refractivity contribution >= 4 is 22.5 Å². The normalized spacial score (nSPS) is 11.1. The molecule has 3 N–H and O–H groups in total. The van der Waals surface area contributed by atoms with Crippen molar-refractivity contribution in [2.75, 3.05) is 6.54 Å². The van der Waals surface area contributed by atoms with E-state index in [-0.39, 0.29) is 0 Å². The fraction of sp³-hybridized carbons (Fsp3) is 0.174. The number of nitrogens with one attached hydrogen (secondary N) is 1. The van der Waals surface area contributed by atoms with Crippen LogP contribution < -0.4 is 10.5 Å². The van der Waals surface area contributed by atoms with Crippen LogP contribution in [0.1, 0.15) is 18.4 Å². The van der Waals surface area contributed by atoms with Crippen molar-refractivity contribution in [3.8, 4) is 22.9 Å². The van der Waals surface area contributed by atoms with Gasteiger partial charge in [-0.1, -0.05) is 29.8 Å². The van der Waals surface area contributed by atoms with E-state index in [4.69, 9.17) is 22.1 Å². The lowest BCUT2D eigenvalue weighted by Gasteiger charge is -2.07. The molecular weight excluding hydrogens is 370 g/mol. The maximum absolute atomic E-state index is 6.43. The van der Waals surface area contributed by atoms with Crippen LogP contribution in [0.4, 0.5) is 0 Å². The van der Waals surface area contributed by atoms with Gasteiger partial charge in [0.2, 0.25) is 0 Å². The molecule has 0 saturated heterocycles. The first kappa shape index (κ1) is 18.5. The summed E-state index contributed by atoms with van der Waals surface area (Å²) in [5.41, 5.74) is 9.68. The molecule has 0 saturated carbocycles. The van der Waals surface area contributed by atoms with Crippen LogP contribution in [0.3, 0.4) is 0 Å². The van der Waals surface area contributed by atoms with E-state index in [0.717, 1.165) is 53.1 Å². The van der Waals surface area contributed by atoms with Crippen molar-refractivity contribution in [1.29, 1.82) is 0 Å². The predicted octanol–water partition coefficient (Wildman–Crippen LogP) is 5.96. The van der Waals surface area contributed by atoms with E-state index in [9.17, 15) is 0 Å². The van der Waals surface area contributed by atoms with E-state index >= 15 is 0 Å². The Morgan fingerprint density at radius 3 is 2.61 bits per heavy atom. The number of para-hydroxylation sites is 1. The summed E-state index contributed by atoms with van der Waals surface area (Å²) in [6, 6.07) is 19.6. The largest absolute Gasteiger partial charge is 0.457 e. The van der Waals surface area contributed by atoms with Crippen molar-refractivity contribution in [3.05, 3.63) is 77.4 Å². The van der Waals surface area contributed by atoms with E-state index in [2.05, 4.69) is 16.0 Å². The highest BCUT2D eigenvalue weighted by molar-refractivity contribution is 6.33. The molecule has 0 unspecified atom stereocenters. The van der Waals surface area contributed by atoms with E-state index < -0.39 is 0 Å². The molecule has 0 aliphatic rings. The number of aromatic amines is 1. The number of benzene rings is 2. The number of H-pyrrole nitrogens is 1. The monoisotopic (exact) mass is 391 g/mol. The number of nitrogens with two attached hydrogens (primary N) is 1. The van der Waals surface area contributed by atoms with Crippen LogP contribution in [0.2, 0.25) is 5.02 Å². The minimum atomic E-state index is 0.634. The third-order valence-corrected chi connectivity index (χ3v) is 5.04. The first-order valence-electron chi connectivity index (χ1n) is 9.44. The first-order valence-corrected chi connectivity index (χ1v) is 9.82. The van der Waals surface area contributed by atoms with E-state index in [0.29, 0.717) is 11.6 Å². The van der Waals surface area contributed by atoms with Crippen LogP contribution in [0.5, 0.6) is 11.5 Å². The van der Waals surface area contributed by atoms with E-state index in [1.807, 2.05) is 54.6 Å². The van der Waals surface area contributed by atoms with Gasteiger partial charge in [-0.05, 0) is 73.8 Å². The second kappa shape index (κ2) is 8.46. The first-order chi connectivity index (χ1) is 13.8. The van der Waals surface area contributed by atoms with Crippen LogP contribution in [0.15, 0.2) is 66.9 Å². The molecule has 5 heteroatoms. The molecule has 0 aliphatic carbocycles. The molecule has 0 radical (unpaired) electrons. The van der Waals surface area contributed by atoms with Gasteiger partial charge in [-0.2, -0.15) is 0 Å². The highest BCUT2D eigenvalue weighted by Gasteiger charge is 2.17. The number of ether oxygens (including phenoxy) is 1.